The molecule has 144 valence electrons. The molecule has 0 fully saturated rings. The number of carbonyl (C=O) groups excluding carboxylic acids is 1. The molecule has 1 aliphatic heterocycles. The molecule has 2 heterocycles. The summed E-state index contributed by atoms with van der Waals surface area (Å²) in [6, 6.07) is 7.04. The maximum Gasteiger partial charge on any atom is 0.419 e. The first-order chi connectivity index (χ1) is 12.8. The van der Waals surface area contributed by atoms with E-state index in [1.807, 2.05) is 25.1 Å². The number of hydrogen-bond acceptors (Lipinski definition) is 3. The van der Waals surface area contributed by atoms with Crippen LogP contribution in [0.1, 0.15) is 35.6 Å². The Labute approximate surface area is 161 Å². The van der Waals surface area contributed by atoms with Crippen LogP contribution >= 0.6 is 11.8 Å². The Balaban J connectivity index is 1.80. The number of rotatable bonds is 4. The third-order valence-electron chi connectivity index (χ3n) is 4.67. The number of anilines is 1. The number of fused-ring (bicyclic) bond motifs is 1. The zero-order valence-electron chi connectivity index (χ0n) is 15.3. The van der Waals surface area contributed by atoms with Crippen molar-refractivity contribution in [2.24, 2.45) is 0 Å². The van der Waals surface area contributed by atoms with E-state index in [0.717, 1.165) is 47.5 Å². The Bertz CT molecular complexity index is 852. The molecule has 3 rings (SSSR count). The largest absolute Gasteiger partial charge is 0.419 e. The summed E-state index contributed by atoms with van der Waals surface area (Å²) in [5.74, 6) is -0.264. The van der Waals surface area contributed by atoms with Crippen LogP contribution in [0.2, 0.25) is 0 Å². The number of aromatic nitrogens is 1. The lowest BCUT2D eigenvalue weighted by Gasteiger charge is -2.31. The molecular weight excluding hydrogens is 373 g/mol. The Morgan fingerprint density at radius 1 is 1.33 bits per heavy atom. The maximum absolute atomic E-state index is 13.3. The molecule has 0 saturated carbocycles. The number of alkyl halides is 3. The van der Waals surface area contributed by atoms with Gasteiger partial charge in [-0.1, -0.05) is 36.9 Å². The highest BCUT2D eigenvalue weighted by Gasteiger charge is 2.35. The van der Waals surface area contributed by atoms with E-state index in [9.17, 15) is 18.0 Å². The summed E-state index contributed by atoms with van der Waals surface area (Å²) < 4.78 is 40.0. The van der Waals surface area contributed by atoms with Crippen LogP contribution in [-0.2, 0) is 23.8 Å². The van der Waals surface area contributed by atoms with Crippen molar-refractivity contribution in [2.45, 2.75) is 44.3 Å². The molecule has 7 heteroatoms. The molecule has 3 nitrogen and oxygen atoms in total. The number of pyridine rings is 1. The fraction of sp³-hybridized carbons (Fsp3) is 0.400. The van der Waals surface area contributed by atoms with Crippen molar-refractivity contribution in [3.05, 3.63) is 52.7 Å². The summed E-state index contributed by atoms with van der Waals surface area (Å²) in [6.45, 7) is 4.32. The minimum absolute atomic E-state index is 0.0741. The SMILES string of the molecule is CCc1cnc(SCC(=O)N2CCCc3cccc(C)c32)c(C(F)(F)F)c1. The predicted molar refractivity (Wildman–Crippen MR) is 101 cm³/mol. The van der Waals surface area contributed by atoms with Crippen LogP contribution in [0.25, 0.3) is 0 Å². The molecule has 0 saturated heterocycles. The van der Waals surface area contributed by atoms with E-state index in [-0.39, 0.29) is 16.7 Å². The monoisotopic (exact) mass is 394 g/mol. The predicted octanol–water partition coefficient (Wildman–Crippen LogP) is 5.04. The van der Waals surface area contributed by atoms with Gasteiger partial charge in [-0.25, -0.2) is 4.98 Å². The van der Waals surface area contributed by atoms with Crippen LogP contribution in [0.3, 0.4) is 0 Å². The lowest BCUT2D eigenvalue weighted by Crippen LogP contribution is -2.37. The summed E-state index contributed by atoms with van der Waals surface area (Å²) in [6.07, 6.45) is -0.805. The molecule has 0 unspecified atom stereocenters. The molecule has 1 amide bonds. The molecule has 27 heavy (non-hydrogen) atoms. The highest BCUT2D eigenvalue weighted by atomic mass is 32.2. The van der Waals surface area contributed by atoms with Crippen LogP contribution in [0.4, 0.5) is 18.9 Å². The molecule has 0 bridgehead atoms. The molecule has 0 N–H and O–H groups in total. The first-order valence-electron chi connectivity index (χ1n) is 8.89. The van der Waals surface area contributed by atoms with Crippen molar-refractivity contribution in [2.75, 3.05) is 17.2 Å². The number of carbonyl (C=O) groups is 1. The fourth-order valence-electron chi connectivity index (χ4n) is 3.31. The van der Waals surface area contributed by atoms with Crippen LogP contribution < -0.4 is 4.90 Å². The molecule has 1 aliphatic rings. The highest BCUT2D eigenvalue weighted by molar-refractivity contribution is 8.00. The van der Waals surface area contributed by atoms with Crippen LogP contribution in [0.5, 0.6) is 0 Å². The van der Waals surface area contributed by atoms with Gasteiger partial charge in [-0.15, -0.1) is 0 Å². The van der Waals surface area contributed by atoms with E-state index in [4.69, 9.17) is 0 Å². The maximum atomic E-state index is 13.3. The number of thioether (sulfide) groups is 1. The van der Waals surface area contributed by atoms with Crippen LogP contribution in [0.15, 0.2) is 35.5 Å². The number of para-hydroxylation sites is 1. The lowest BCUT2D eigenvalue weighted by atomic mass is 9.98. The normalized spacial score (nSPS) is 14.2. The zero-order chi connectivity index (χ0) is 19.6. The molecule has 0 radical (unpaired) electrons. The Hall–Kier alpha value is -2.02. The van der Waals surface area contributed by atoms with Crippen molar-refractivity contribution < 1.29 is 18.0 Å². The average molecular weight is 394 g/mol. The van der Waals surface area contributed by atoms with Crippen molar-refractivity contribution in [1.29, 1.82) is 0 Å². The minimum atomic E-state index is -4.49. The number of amides is 1. The van der Waals surface area contributed by atoms with Gasteiger partial charge in [0.05, 0.1) is 11.3 Å². The minimum Gasteiger partial charge on any atom is -0.311 e. The van der Waals surface area contributed by atoms with Gasteiger partial charge in [0.15, 0.2) is 0 Å². The molecule has 2 aromatic rings. The summed E-state index contributed by atoms with van der Waals surface area (Å²) in [5.41, 5.74) is 2.78. The first kappa shape index (κ1) is 19.7. The third kappa shape index (κ3) is 4.29. The number of nitrogens with zero attached hydrogens (tertiary/aromatic N) is 2. The first-order valence-corrected chi connectivity index (χ1v) is 9.87. The number of aryl methyl sites for hydroxylation is 3. The summed E-state index contributed by atoms with van der Waals surface area (Å²) in [5, 5.41) is -0.143. The van der Waals surface area contributed by atoms with Crippen LogP contribution in [-0.4, -0.2) is 23.2 Å². The Kier molecular flexibility index (Phi) is 5.79. The zero-order valence-corrected chi connectivity index (χ0v) is 16.1. The molecule has 0 atom stereocenters. The molecule has 0 spiro atoms. The molecule has 1 aromatic heterocycles. The van der Waals surface area contributed by atoms with Crippen molar-refractivity contribution in [1.82, 2.24) is 4.98 Å². The number of halogens is 3. The topological polar surface area (TPSA) is 33.2 Å². The van der Waals surface area contributed by atoms with E-state index in [1.165, 1.54) is 6.20 Å². The highest BCUT2D eigenvalue weighted by Crippen LogP contribution is 2.37. The van der Waals surface area contributed by atoms with E-state index in [2.05, 4.69) is 4.98 Å². The van der Waals surface area contributed by atoms with Gasteiger partial charge in [0.25, 0.3) is 0 Å². The molecular formula is C20H21F3N2OS. The quantitative estimate of drug-likeness (QED) is 0.681. The Morgan fingerprint density at radius 2 is 2.11 bits per heavy atom. The second-order valence-corrected chi connectivity index (χ2v) is 7.53. The summed E-state index contributed by atoms with van der Waals surface area (Å²) in [7, 11) is 0. The van der Waals surface area contributed by atoms with Gasteiger partial charge in [-0.05, 0) is 48.9 Å². The van der Waals surface area contributed by atoms with Gasteiger partial charge in [0, 0.05) is 18.4 Å². The standard InChI is InChI=1S/C20H21F3N2OS/c1-3-14-10-16(20(21,22)23)19(24-11-14)27-12-17(26)25-9-5-8-15-7-4-6-13(2)18(15)25/h4,6-7,10-11H,3,5,8-9,12H2,1-2H3. The number of benzene rings is 1. The van der Waals surface area contributed by atoms with Crippen molar-refractivity contribution in [3.8, 4) is 0 Å². The fourth-order valence-corrected chi connectivity index (χ4v) is 4.18. The second kappa shape index (κ2) is 7.92. The van der Waals surface area contributed by atoms with Gasteiger partial charge >= 0.3 is 6.18 Å². The van der Waals surface area contributed by atoms with Crippen molar-refractivity contribution in [3.63, 3.8) is 0 Å². The van der Waals surface area contributed by atoms with E-state index in [0.29, 0.717) is 18.5 Å². The van der Waals surface area contributed by atoms with E-state index < -0.39 is 11.7 Å². The Morgan fingerprint density at radius 3 is 2.81 bits per heavy atom. The van der Waals surface area contributed by atoms with E-state index >= 15 is 0 Å². The van der Waals surface area contributed by atoms with Gasteiger partial charge < -0.3 is 4.90 Å². The van der Waals surface area contributed by atoms with Gasteiger partial charge in [0.2, 0.25) is 5.91 Å². The van der Waals surface area contributed by atoms with Gasteiger partial charge in [-0.3, -0.25) is 4.79 Å². The lowest BCUT2D eigenvalue weighted by molar-refractivity contribution is -0.140. The molecule has 1 aromatic carbocycles. The van der Waals surface area contributed by atoms with Gasteiger partial charge in [-0.2, -0.15) is 13.2 Å². The second-order valence-electron chi connectivity index (χ2n) is 6.57. The van der Waals surface area contributed by atoms with Crippen LogP contribution in [0, 0.1) is 6.92 Å². The number of hydrogen-bond donors (Lipinski definition) is 0. The summed E-state index contributed by atoms with van der Waals surface area (Å²) >= 11 is 0.853. The smallest absolute Gasteiger partial charge is 0.311 e. The van der Waals surface area contributed by atoms with Crippen molar-refractivity contribution >= 4 is 23.4 Å². The van der Waals surface area contributed by atoms with E-state index in [1.54, 1.807) is 11.8 Å². The van der Waals surface area contributed by atoms with Gasteiger partial charge in [0.1, 0.15) is 5.03 Å². The summed E-state index contributed by atoms with van der Waals surface area (Å²) in [4.78, 5) is 18.4. The third-order valence-corrected chi connectivity index (χ3v) is 5.66. The molecule has 0 aliphatic carbocycles. The average Bonchev–Trinajstić information content (AvgIpc) is 2.65.